The van der Waals surface area contributed by atoms with Crippen molar-refractivity contribution in [2.24, 2.45) is 5.41 Å². The highest BCUT2D eigenvalue weighted by atomic mass is 31.2. The molecule has 1 aromatic heterocycles. The summed E-state index contributed by atoms with van der Waals surface area (Å²) >= 11 is 0. The van der Waals surface area contributed by atoms with E-state index in [2.05, 4.69) is 10.1 Å². The van der Waals surface area contributed by atoms with E-state index in [9.17, 15) is 29.3 Å². The summed E-state index contributed by atoms with van der Waals surface area (Å²) in [6.07, 6.45) is -2.92. The molecule has 2 aromatic carbocycles. The van der Waals surface area contributed by atoms with Gasteiger partial charge in [0.25, 0.3) is 5.56 Å². The number of H-pyrrole nitrogens is 1. The van der Waals surface area contributed by atoms with E-state index in [0.29, 0.717) is 0 Å². The summed E-state index contributed by atoms with van der Waals surface area (Å²) in [4.78, 5) is 38.6. The van der Waals surface area contributed by atoms with Crippen LogP contribution in [0.1, 0.15) is 25.6 Å². The Labute approximate surface area is 234 Å². The second-order valence-electron chi connectivity index (χ2n) is 9.53. The average molecular weight is 585 g/mol. The highest BCUT2D eigenvalue weighted by molar-refractivity contribution is 7.52. The molecule has 1 fully saturated rings. The van der Waals surface area contributed by atoms with Crippen LogP contribution in [0.4, 0.5) is 0 Å². The van der Waals surface area contributed by atoms with Gasteiger partial charge in [-0.15, -0.1) is 0 Å². The molecule has 0 amide bonds. The highest BCUT2D eigenvalue weighted by Gasteiger charge is 2.55. The molecule has 41 heavy (non-hydrogen) atoms. The molecule has 0 spiro atoms. The normalized spacial score (nSPS) is 24.1. The van der Waals surface area contributed by atoms with Gasteiger partial charge in [-0.2, -0.15) is 10.3 Å². The van der Waals surface area contributed by atoms with Crippen LogP contribution in [0.5, 0.6) is 5.75 Å². The molecule has 0 saturated carbocycles. The average Bonchev–Trinajstić information content (AvgIpc) is 3.21. The smallest absolute Gasteiger partial charge is 0.459 e. The molecule has 3 N–H and O–H groups in total. The third kappa shape index (κ3) is 7.00. The Hall–Kier alpha value is -4.05. The number of aliphatic hydroxyl groups excluding tert-OH is 1. The first-order valence-electron chi connectivity index (χ1n) is 12.6. The molecule has 0 radical (unpaired) electrons. The molecule has 1 aliphatic rings. The van der Waals surface area contributed by atoms with Crippen molar-refractivity contribution in [2.45, 2.75) is 44.9 Å². The van der Waals surface area contributed by atoms with Crippen molar-refractivity contribution in [1.29, 1.82) is 5.26 Å². The van der Waals surface area contributed by atoms with E-state index < -0.39 is 61.5 Å². The fraction of sp³-hybridized carbons (Fsp3) is 0.333. The number of nitriles is 1. The minimum Gasteiger partial charge on any atom is -0.460 e. The fourth-order valence-electron chi connectivity index (χ4n) is 4.16. The first-order valence-corrected chi connectivity index (χ1v) is 14.1. The van der Waals surface area contributed by atoms with Gasteiger partial charge in [-0.1, -0.05) is 48.5 Å². The number of rotatable bonds is 11. The second-order valence-corrected chi connectivity index (χ2v) is 11.2. The van der Waals surface area contributed by atoms with Gasteiger partial charge in [0.1, 0.15) is 36.0 Å². The van der Waals surface area contributed by atoms with E-state index >= 15 is 0 Å². The van der Waals surface area contributed by atoms with E-state index in [1.54, 1.807) is 42.5 Å². The second kappa shape index (κ2) is 12.6. The Kier molecular flexibility index (Phi) is 9.22. The van der Waals surface area contributed by atoms with Crippen LogP contribution in [0, 0.1) is 16.7 Å². The van der Waals surface area contributed by atoms with Gasteiger partial charge < -0.3 is 19.1 Å². The van der Waals surface area contributed by atoms with Crippen molar-refractivity contribution in [3.63, 3.8) is 0 Å². The number of nitrogens with one attached hydrogen (secondary N) is 2. The molecule has 1 saturated heterocycles. The number of esters is 1. The number of aliphatic hydroxyl groups is 1. The standard InChI is InChI=1S/C27H29N4O9P/c1-18(24(34)37-15-19-9-5-3-6-10-19)30-41(36,40-20-11-7-4-8-12-20)38-16-21-23(33)27(2,17-28)25(39-21)31-14-13-22(32)29-26(31)35/h3-14,18,21,23,25,33H,15-16H2,1-2H3,(H,30,36)(H,29,32,35). The Bertz CT molecular complexity index is 1560. The van der Waals surface area contributed by atoms with E-state index in [4.69, 9.17) is 18.5 Å². The molecular formula is C27H29N4O9P. The predicted molar refractivity (Wildman–Crippen MR) is 144 cm³/mol. The zero-order valence-electron chi connectivity index (χ0n) is 22.2. The molecule has 0 bridgehead atoms. The predicted octanol–water partition coefficient (Wildman–Crippen LogP) is 2.25. The number of aromatic amines is 1. The molecule has 216 valence electrons. The van der Waals surface area contributed by atoms with Gasteiger partial charge in [-0.05, 0) is 31.5 Å². The van der Waals surface area contributed by atoms with Crippen LogP contribution in [0.2, 0.25) is 0 Å². The van der Waals surface area contributed by atoms with Crippen molar-refractivity contribution in [3.05, 3.63) is 99.3 Å². The van der Waals surface area contributed by atoms with E-state index in [1.165, 1.54) is 26.0 Å². The van der Waals surface area contributed by atoms with Crippen LogP contribution in [0.3, 0.4) is 0 Å². The number of para-hydroxylation sites is 1. The summed E-state index contributed by atoms with van der Waals surface area (Å²) in [5, 5.41) is 23.4. The van der Waals surface area contributed by atoms with Crippen LogP contribution >= 0.6 is 7.75 Å². The number of ether oxygens (including phenoxy) is 2. The maximum absolute atomic E-state index is 13.8. The van der Waals surface area contributed by atoms with Crippen LogP contribution in [-0.2, 0) is 30.0 Å². The van der Waals surface area contributed by atoms with Crippen LogP contribution in [0.15, 0.2) is 82.5 Å². The first kappa shape index (κ1) is 29.9. The molecule has 4 rings (SSSR count). The van der Waals surface area contributed by atoms with Crippen molar-refractivity contribution < 1.29 is 33.0 Å². The van der Waals surface area contributed by atoms with Crippen molar-refractivity contribution >= 4 is 13.7 Å². The number of hydrogen-bond donors (Lipinski definition) is 3. The zero-order chi connectivity index (χ0) is 29.6. The third-order valence-corrected chi connectivity index (χ3v) is 8.08. The van der Waals surface area contributed by atoms with Gasteiger partial charge in [0.2, 0.25) is 0 Å². The van der Waals surface area contributed by atoms with Gasteiger partial charge in [-0.25, -0.2) is 9.36 Å². The molecule has 6 unspecified atom stereocenters. The van der Waals surface area contributed by atoms with Crippen molar-refractivity contribution in [2.75, 3.05) is 6.61 Å². The Morgan fingerprint density at radius 3 is 2.49 bits per heavy atom. The molecule has 2 heterocycles. The van der Waals surface area contributed by atoms with E-state index in [1.807, 2.05) is 12.1 Å². The third-order valence-electron chi connectivity index (χ3n) is 6.43. The summed E-state index contributed by atoms with van der Waals surface area (Å²) in [5.74, 6) is -0.554. The molecular weight excluding hydrogens is 555 g/mol. The largest absolute Gasteiger partial charge is 0.460 e. The lowest BCUT2D eigenvalue weighted by Gasteiger charge is -2.26. The topological polar surface area (TPSA) is 182 Å². The monoisotopic (exact) mass is 584 g/mol. The Morgan fingerprint density at radius 1 is 1.20 bits per heavy atom. The number of hydrogen-bond acceptors (Lipinski definition) is 10. The maximum atomic E-state index is 13.8. The lowest BCUT2D eigenvalue weighted by Crippen LogP contribution is -2.41. The van der Waals surface area contributed by atoms with Gasteiger partial charge in [-0.3, -0.25) is 23.7 Å². The van der Waals surface area contributed by atoms with Gasteiger partial charge in [0.05, 0.1) is 12.7 Å². The maximum Gasteiger partial charge on any atom is 0.459 e. The van der Waals surface area contributed by atoms with Gasteiger partial charge in [0, 0.05) is 12.3 Å². The highest BCUT2D eigenvalue weighted by Crippen LogP contribution is 2.48. The molecule has 6 atom stereocenters. The summed E-state index contributed by atoms with van der Waals surface area (Å²) in [6.45, 7) is 2.24. The summed E-state index contributed by atoms with van der Waals surface area (Å²) < 4.78 is 37.2. The van der Waals surface area contributed by atoms with Crippen LogP contribution in [-0.4, -0.2) is 45.5 Å². The fourth-order valence-corrected chi connectivity index (χ4v) is 5.66. The number of carbonyl (C=O) groups excluding carboxylic acids is 1. The summed E-state index contributed by atoms with van der Waals surface area (Å²) in [7, 11) is -4.32. The molecule has 3 aromatic rings. The Balaban J connectivity index is 1.50. The van der Waals surface area contributed by atoms with E-state index in [0.717, 1.165) is 22.4 Å². The van der Waals surface area contributed by atoms with Crippen molar-refractivity contribution in [1.82, 2.24) is 14.6 Å². The minimum absolute atomic E-state index is 0.00322. The molecule has 1 aliphatic heterocycles. The molecule has 0 aliphatic carbocycles. The summed E-state index contributed by atoms with van der Waals surface area (Å²) in [5.41, 5.74) is -2.38. The van der Waals surface area contributed by atoms with Crippen LogP contribution in [0.25, 0.3) is 0 Å². The van der Waals surface area contributed by atoms with Gasteiger partial charge in [0.15, 0.2) is 6.23 Å². The van der Waals surface area contributed by atoms with E-state index in [-0.39, 0.29) is 12.4 Å². The van der Waals surface area contributed by atoms with Crippen LogP contribution < -0.4 is 20.9 Å². The quantitative estimate of drug-likeness (QED) is 0.222. The zero-order valence-corrected chi connectivity index (χ0v) is 23.1. The molecule has 14 heteroatoms. The number of carbonyl (C=O) groups is 1. The number of benzene rings is 2. The number of nitrogens with zero attached hydrogens (tertiary/aromatic N) is 2. The first-order chi connectivity index (χ1) is 19.5. The van der Waals surface area contributed by atoms with Gasteiger partial charge >= 0.3 is 19.4 Å². The Morgan fingerprint density at radius 2 is 1.85 bits per heavy atom. The lowest BCUT2D eigenvalue weighted by molar-refractivity contribution is -0.146. The molecule has 13 nitrogen and oxygen atoms in total. The SMILES string of the molecule is CC(NP(=O)(OCC1OC(n2ccc(=O)[nH]c2=O)C(C)(C#N)C1O)Oc1ccccc1)C(=O)OCc1ccccc1. The lowest BCUT2D eigenvalue weighted by atomic mass is 9.84. The number of aromatic nitrogens is 2. The minimum atomic E-state index is -4.32. The summed E-state index contributed by atoms with van der Waals surface area (Å²) in [6, 6.07) is 19.0. The van der Waals surface area contributed by atoms with Crippen molar-refractivity contribution in [3.8, 4) is 11.8 Å².